The van der Waals surface area contributed by atoms with Gasteiger partial charge in [0.2, 0.25) is 0 Å². The number of hydrogen-bond acceptors (Lipinski definition) is 4. The Morgan fingerprint density at radius 1 is 1.08 bits per heavy atom. The van der Waals surface area contributed by atoms with Crippen LogP contribution in [0.15, 0.2) is 48.9 Å². The van der Waals surface area contributed by atoms with Gasteiger partial charge in [0, 0.05) is 44.8 Å². The fourth-order valence-electron chi connectivity index (χ4n) is 3.10. The normalized spacial score (nSPS) is 15.0. The molecule has 1 amide bonds. The fraction of sp³-hybridized carbons (Fsp3) is 0.278. The Morgan fingerprint density at radius 2 is 1.92 bits per heavy atom. The van der Waals surface area contributed by atoms with Gasteiger partial charge in [-0.05, 0) is 30.7 Å². The van der Waals surface area contributed by atoms with Gasteiger partial charge in [0.1, 0.15) is 17.2 Å². The van der Waals surface area contributed by atoms with E-state index in [0.29, 0.717) is 18.8 Å². The zero-order valence-corrected chi connectivity index (χ0v) is 13.6. The highest BCUT2D eigenvalue weighted by Gasteiger charge is 2.24. The highest BCUT2D eigenvalue weighted by Crippen LogP contribution is 2.15. The molecule has 0 aliphatic carbocycles. The van der Waals surface area contributed by atoms with Gasteiger partial charge < -0.3 is 14.2 Å². The van der Waals surface area contributed by atoms with E-state index in [2.05, 4.69) is 14.9 Å². The molecule has 1 aliphatic rings. The van der Waals surface area contributed by atoms with Gasteiger partial charge in [0.25, 0.3) is 5.91 Å². The maximum Gasteiger partial charge on any atom is 0.274 e. The molecule has 0 bridgehead atoms. The first-order valence-electron chi connectivity index (χ1n) is 8.12. The van der Waals surface area contributed by atoms with Crippen molar-refractivity contribution in [2.75, 3.05) is 31.1 Å². The van der Waals surface area contributed by atoms with Crippen LogP contribution < -0.4 is 4.90 Å². The molecule has 24 heavy (non-hydrogen) atoms. The monoisotopic (exact) mass is 321 g/mol. The molecule has 3 aromatic heterocycles. The average molecular weight is 321 g/mol. The molecule has 4 rings (SSSR count). The third-order valence-corrected chi connectivity index (χ3v) is 4.44. The lowest BCUT2D eigenvalue weighted by molar-refractivity contribution is 0.0741. The molecular weight excluding hydrogens is 302 g/mol. The maximum absolute atomic E-state index is 12.7. The van der Waals surface area contributed by atoms with Crippen molar-refractivity contribution in [2.45, 2.75) is 6.92 Å². The Bertz CT molecular complexity index is 866. The predicted octanol–water partition coefficient (Wildman–Crippen LogP) is 2.00. The third kappa shape index (κ3) is 2.60. The second-order valence-corrected chi connectivity index (χ2v) is 6.02. The lowest BCUT2D eigenvalue weighted by Gasteiger charge is -2.35. The molecule has 0 aromatic carbocycles. The van der Waals surface area contributed by atoms with Crippen molar-refractivity contribution < 1.29 is 4.79 Å². The topological polar surface area (TPSA) is 53.7 Å². The summed E-state index contributed by atoms with van der Waals surface area (Å²) in [7, 11) is 0. The van der Waals surface area contributed by atoms with Crippen molar-refractivity contribution in [3.8, 4) is 0 Å². The van der Waals surface area contributed by atoms with Crippen LogP contribution in [0.2, 0.25) is 0 Å². The number of hydrogen-bond donors (Lipinski definition) is 0. The number of pyridine rings is 2. The maximum atomic E-state index is 12.7. The van der Waals surface area contributed by atoms with E-state index in [1.165, 1.54) is 0 Å². The summed E-state index contributed by atoms with van der Waals surface area (Å²) in [6.07, 6.45) is 5.53. The number of imidazole rings is 1. The molecule has 0 unspecified atom stereocenters. The van der Waals surface area contributed by atoms with Gasteiger partial charge >= 0.3 is 0 Å². The van der Waals surface area contributed by atoms with Gasteiger partial charge in [0.15, 0.2) is 0 Å². The fourth-order valence-corrected chi connectivity index (χ4v) is 3.10. The summed E-state index contributed by atoms with van der Waals surface area (Å²) in [4.78, 5) is 25.7. The van der Waals surface area contributed by atoms with Gasteiger partial charge in [-0.2, -0.15) is 0 Å². The van der Waals surface area contributed by atoms with Gasteiger partial charge in [-0.3, -0.25) is 4.79 Å². The number of aromatic nitrogens is 3. The number of carbonyl (C=O) groups excluding carboxylic acids is 1. The first-order chi connectivity index (χ1) is 11.7. The van der Waals surface area contributed by atoms with Crippen molar-refractivity contribution in [3.63, 3.8) is 0 Å². The Balaban J connectivity index is 1.48. The number of anilines is 1. The van der Waals surface area contributed by atoms with Gasteiger partial charge in [-0.1, -0.05) is 12.1 Å². The molecule has 0 radical (unpaired) electrons. The highest BCUT2D eigenvalue weighted by atomic mass is 16.2. The molecule has 6 nitrogen and oxygen atoms in total. The zero-order chi connectivity index (χ0) is 16.5. The first kappa shape index (κ1) is 14.7. The van der Waals surface area contributed by atoms with Crippen LogP contribution in [0.4, 0.5) is 5.82 Å². The van der Waals surface area contributed by atoms with Crippen LogP contribution in [-0.2, 0) is 0 Å². The summed E-state index contributed by atoms with van der Waals surface area (Å²) in [5.41, 5.74) is 2.42. The van der Waals surface area contributed by atoms with Crippen LogP contribution in [0.3, 0.4) is 0 Å². The molecule has 0 saturated carbocycles. The summed E-state index contributed by atoms with van der Waals surface area (Å²) in [5, 5.41) is 0. The van der Waals surface area contributed by atoms with E-state index in [4.69, 9.17) is 0 Å². The highest BCUT2D eigenvalue weighted by molar-refractivity contribution is 5.93. The van der Waals surface area contributed by atoms with Crippen molar-refractivity contribution in [1.82, 2.24) is 19.3 Å². The smallest absolute Gasteiger partial charge is 0.274 e. The average Bonchev–Trinajstić information content (AvgIpc) is 3.08. The van der Waals surface area contributed by atoms with E-state index in [-0.39, 0.29) is 5.91 Å². The lowest BCUT2D eigenvalue weighted by atomic mass is 10.2. The Kier molecular flexibility index (Phi) is 3.65. The molecule has 1 saturated heterocycles. The molecule has 1 fully saturated rings. The minimum Gasteiger partial charge on any atom is -0.353 e. The van der Waals surface area contributed by atoms with E-state index in [1.54, 1.807) is 6.20 Å². The molecule has 0 N–H and O–H groups in total. The number of rotatable bonds is 2. The zero-order valence-electron chi connectivity index (χ0n) is 13.6. The largest absolute Gasteiger partial charge is 0.353 e. The van der Waals surface area contributed by atoms with Crippen LogP contribution in [0.25, 0.3) is 5.65 Å². The van der Waals surface area contributed by atoms with Crippen LogP contribution in [0.1, 0.15) is 16.1 Å². The Labute approximate surface area is 140 Å². The predicted molar refractivity (Wildman–Crippen MR) is 92.3 cm³/mol. The SMILES string of the molecule is Cc1cccn2cc(C(=O)N3CCN(c4ccccn4)CC3)nc12. The molecule has 122 valence electrons. The number of aryl methyl sites for hydroxylation is 1. The second kappa shape index (κ2) is 5.96. The molecular formula is C18H19N5O. The van der Waals surface area contributed by atoms with E-state index in [1.807, 2.05) is 58.9 Å². The number of amides is 1. The summed E-state index contributed by atoms with van der Waals surface area (Å²) in [5.74, 6) is 0.965. The molecule has 0 atom stereocenters. The lowest BCUT2D eigenvalue weighted by Crippen LogP contribution is -2.49. The van der Waals surface area contributed by atoms with E-state index < -0.39 is 0 Å². The quantitative estimate of drug-likeness (QED) is 0.724. The standard InChI is InChI=1S/C18H19N5O/c1-14-5-4-8-23-13-15(20-17(14)23)18(24)22-11-9-21(10-12-22)16-6-2-3-7-19-16/h2-8,13H,9-12H2,1H3. The van der Waals surface area contributed by atoms with Gasteiger partial charge in [-0.15, -0.1) is 0 Å². The van der Waals surface area contributed by atoms with Crippen LogP contribution in [0.5, 0.6) is 0 Å². The molecule has 3 aromatic rings. The van der Waals surface area contributed by atoms with E-state index in [0.717, 1.165) is 30.1 Å². The third-order valence-electron chi connectivity index (χ3n) is 4.44. The van der Waals surface area contributed by atoms with Crippen molar-refractivity contribution in [3.05, 3.63) is 60.2 Å². The summed E-state index contributed by atoms with van der Waals surface area (Å²) in [6.45, 7) is 4.94. The van der Waals surface area contributed by atoms with E-state index >= 15 is 0 Å². The summed E-state index contributed by atoms with van der Waals surface area (Å²) >= 11 is 0. The minimum atomic E-state index is -0.00114. The second-order valence-electron chi connectivity index (χ2n) is 6.02. The number of nitrogens with zero attached hydrogens (tertiary/aromatic N) is 5. The van der Waals surface area contributed by atoms with Crippen molar-refractivity contribution >= 4 is 17.4 Å². The summed E-state index contributed by atoms with van der Waals surface area (Å²) in [6, 6.07) is 9.86. The van der Waals surface area contributed by atoms with Crippen LogP contribution in [0, 0.1) is 6.92 Å². The minimum absolute atomic E-state index is 0.00114. The molecule has 1 aliphatic heterocycles. The van der Waals surface area contributed by atoms with Gasteiger partial charge in [-0.25, -0.2) is 9.97 Å². The van der Waals surface area contributed by atoms with E-state index in [9.17, 15) is 4.79 Å². The Hall–Kier alpha value is -2.89. The number of piperazine rings is 1. The van der Waals surface area contributed by atoms with Crippen molar-refractivity contribution in [1.29, 1.82) is 0 Å². The van der Waals surface area contributed by atoms with Crippen LogP contribution in [-0.4, -0.2) is 51.4 Å². The van der Waals surface area contributed by atoms with Crippen molar-refractivity contribution in [2.24, 2.45) is 0 Å². The number of fused-ring (bicyclic) bond motifs is 1. The number of carbonyl (C=O) groups is 1. The molecule has 0 spiro atoms. The molecule has 6 heteroatoms. The van der Waals surface area contributed by atoms with Gasteiger partial charge in [0.05, 0.1) is 0 Å². The first-order valence-corrected chi connectivity index (χ1v) is 8.12. The summed E-state index contributed by atoms with van der Waals surface area (Å²) < 4.78 is 1.91. The van der Waals surface area contributed by atoms with Crippen LogP contribution >= 0.6 is 0 Å². The molecule has 4 heterocycles. The Morgan fingerprint density at radius 3 is 2.62 bits per heavy atom.